The highest BCUT2D eigenvalue weighted by Gasteiger charge is 2.16. The molecule has 3 aromatic carbocycles. The van der Waals surface area contributed by atoms with Gasteiger partial charge < -0.3 is 20.1 Å². The molecule has 0 bridgehead atoms. The number of benzene rings is 3. The van der Waals surface area contributed by atoms with Crippen LogP contribution in [-0.4, -0.2) is 16.8 Å². The van der Waals surface area contributed by atoms with Crippen LogP contribution in [0.2, 0.25) is 0 Å². The van der Waals surface area contributed by atoms with Crippen LogP contribution in [0, 0.1) is 6.92 Å². The van der Waals surface area contributed by atoms with Crippen LogP contribution in [0.1, 0.15) is 18.1 Å². The summed E-state index contributed by atoms with van der Waals surface area (Å²) in [6.45, 7) is 5.06. The number of nitrogens with one attached hydrogen (secondary N) is 1. The van der Waals surface area contributed by atoms with Gasteiger partial charge in [0.2, 0.25) is 0 Å². The average molecular weight is 393 g/mol. The molecular weight excluding hydrogens is 368 g/mol. The van der Waals surface area contributed by atoms with Crippen molar-refractivity contribution in [2.45, 2.75) is 20.4 Å². The van der Waals surface area contributed by atoms with E-state index in [0.29, 0.717) is 18.3 Å². The lowest BCUT2D eigenvalue weighted by molar-refractivity contribution is 0.340. The normalized spacial score (nSPS) is 10.4. The zero-order chi connectivity index (χ0) is 19.9. The summed E-state index contributed by atoms with van der Waals surface area (Å²) in [5.74, 6) is 1.06. The van der Waals surface area contributed by atoms with Crippen molar-refractivity contribution in [2.24, 2.45) is 0 Å². The molecule has 0 amide bonds. The Hall–Kier alpha value is -3.05. The van der Waals surface area contributed by atoms with E-state index in [1.54, 1.807) is 6.07 Å². The van der Waals surface area contributed by atoms with Crippen LogP contribution >= 0.6 is 12.2 Å². The van der Waals surface area contributed by atoms with E-state index in [0.717, 1.165) is 28.3 Å². The van der Waals surface area contributed by atoms with Gasteiger partial charge in [0.05, 0.1) is 13.2 Å². The molecule has 28 heavy (non-hydrogen) atoms. The van der Waals surface area contributed by atoms with Gasteiger partial charge in [-0.2, -0.15) is 0 Å². The van der Waals surface area contributed by atoms with Crippen LogP contribution in [0.5, 0.6) is 11.5 Å². The molecule has 3 rings (SSSR count). The Bertz CT molecular complexity index is 941. The Kier molecular flexibility index (Phi) is 6.50. The van der Waals surface area contributed by atoms with E-state index in [4.69, 9.17) is 17.0 Å². The Labute approximate surface area is 171 Å². The maximum absolute atomic E-state index is 10.2. The number of para-hydroxylation sites is 2. The molecule has 0 heterocycles. The number of hydrogen-bond acceptors (Lipinski definition) is 3. The monoisotopic (exact) mass is 392 g/mol. The van der Waals surface area contributed by atoms with Crippen molar-refractivity contribution in [3.63, 3.8) is 0 Å². The molecule has 3 aromatic rings. The molecule has 0 spiro atoms. The van der Waals surface area contributed by atoms with Gasteiger partial charge in [0.25, 0.3) is 0 Å². The van der Waals surface area contributed by atoms with Crippen molar-refractivity contribution in [3.8, 4) is 11.5 Å². The zero-order valence-electron chi connectivity index (χ0n) is 16.1. The van der Waals surface area contributed by atoms with Gasteiger partial charge in [0.1, 0.15) is 11.5 Å². The first-order chi connectivity index (χ1) is 13.6. The summed E-state index contributed by atoms with van der Waals surface area (Å²) in [5.41, 5.74) is 3.78. The van der Waals surface area contributed by atoms with Crippen molar-refractivity contribution in [1.82, 2.24) is 0 Å². The molecule has 0 aliphatic carbocycles. The molecule has 144 valence electrons. The second-order valence-corrected chi connectivity index (χ2v) is 6.77. The molecule has 5 heteroatoms. The summed E-state index contributed by atoms with van der Waals surface area (Å²) in [5, 5.41) is 14.1. The molecule has 0 fully saturated rings. The maximum Gasteiger partial charge on any atom is 0.178 e. The largest absolute Gasteiger partial charge is 0.508 e. The van der Waals surface area contributed by atoms with Crippen LogP contribution in [0.4, 0.5) is 11.4 Å². The molecule has 0 saturated heterocycles. The van der Waals surface area contributed by atoms with E-state index in [2.05, 4.69) is 5.32 Å². The van der Waals surface area contributed by atoms with E-state index in [-0.39, 0.29) is 5.75 Å². The molecule has 0 aliphatic rings. The number of hydrogen-bond donors (Lipinski definition) is 2. The molecule has 0 radical (unpaired) electrons. The predicted molar refractivity (Wildman–Crippen MR) is 119 cm³/mol. The van der Waals surface area contributed by atoms with Crippen molar-refractivity contribution >= 4 is 28.7 Å². The summed E-state index contributed by atoms with van der Waals surface area (Å²) in [6.07, 6.45) is 0. The third kappa shape index (κ3) is 4.81. The highest BCUT2D eigenvalue weighted by molar-refractivity contribution is 7.80. The first kappa shape index (κ1) is 19.7. The molecule has 0 aromatic heterocycles. The fourth-order valence-corrected chi connectivity index (χ4v) is 3.16. The fraction of sp³-hybridized carbons (Fsp3) is 0.174. The Morgan fingerprint density at radius 2 is 1.68 bits per heavy atom. The van der Waals surface area contributed by atoms with Gasteiger partial charge in [-0.15, -0.1) is 0 Å². The number of ether oxygens (including phenoxy) is 1. The number of anilines is 2. The number of aryl methyl sites for hydroxylation is 1. The molecule has 0 saturated carbocycles. The standard InChI is InChI=1S/C23H24N2O2S/c1-3-27-20-14-12-19(13-15-20)25(16-18-9-5-7-11-22(18)26)23(28)24-21-10-6-4-8-17(21)2/h4-15,26H,3,16H2,1-2H3,(H,24,28). The number of phenolic OH excluding ortho intramolecular Hbond substituents is 1. The summed E-state index contributed by atoms with van der Waals surface area (Å²) < 4.78 is 5.54. The molecule has 0 aliphatic heterocycles. The van der Waals surface area contributed by atoms with Crippen LogP contribution in [0.3, 0.4) is 0 Å². The van der Waals surface area contributed by atoms with Gasteiger partial charge in [-0.1, -0.05) is 36.4 Å². The quantitative estimate of drug-likeness (QED) is 0.542. The van der Waals surface area contributed by atoms with Crippen molar-refractivity contribution in [2.75, 3.05) is 16.8 Å². The highest BCUT2D eigenvalue weighted by atomic mass is 32.1. The minimum Gasteiger partial charge on any atom is -0.508 e. The van der Waals surface area contributed by atoms with E-state index < -0.39 is 0 Å². The Balaban J connectivity index is 1.90. The van der Waals surface area contributed by atoms with Gasteiger partial charge in [0, 0.05) is 16.9 Å². The van der Waals surface area contributed by atoms with Crippen molar-refractivity contribution < 1.29 is 9.84 Å². The lowest BCUT2D eigenvalue weighted by Crippen LogP contribution is -2.34. The van der Waals surface area contributed by atoms with E-state index in [9.17, 15) is 5.11 Å². The van der Waals surface area contributed by atoms with Gasteiger partial charge in [-0.3, -0.25) is 0 Å². The Morgan fingerprint density at radius 3 is 2.36 bits per heavy atom. The third-order valence-corrected chi connectivity index (χ3v) is 4.73. The molecule has 0 atom stereocenters. The van der Waals surface area contributed by atoms with Gasteiger partial charge in [0.15, 0.2) is 5.11 Å². The first-order valence-corrected chi connectivity index (χ1v) is 9.63. The van der Waals surface area contributed by atoms with Gasteiger partial charge in [-0.25, -0.2) is 0 Å². The SMILES string of the molecule is CCOc1ccc(N(Cc2ccccc2O)C(=S)Nc2ccccc2C)cc1. The van der Waals surface area contributed by atoms with Crippen molar-refractivity contribution in [3.05, 3.63) is 83.9 Å². The maximum atomic E-state index is 10.2. The summed E-state index contributed by atoms with van der Waals surface area (Å²) >= 11 is 5.73. The summed E-state index contributed by atoms with van der Waals surface area (Å²) in [4.78, 5) is 1.96. The van der Waals surface area contributed by atoms with Crippen LogP contribution in [-0.2, 0) is 6.54 Å². The Morgan fingerprint density at radius 1 is 1.00 bits per heavy atom. The minimum absolute atomic E-state index is 0.247. The van der Waals surface area contributed by atoms with E-state index in [1.165, 1.54) is 0 Å². The topological polar surface area (TPSA) is 44.7 Å². The summed E-state index contributed by atoms with van der Waals surface area (Å²) in [6, 6.07) is 23.1. The number of rotatable bonds is 6. The number of nitrogens with zero attached hydrogens (tertiary/aromatic N) is 1. The van der Waals surface area contributed by atoms with E-state index >= 15 is 0 Å². The molecule has 0 unspecified atom stereocenters. The predicted octanol–water partition coefficient (Wildman–Crippen LogP) is 5.50. The number of thiocarbonyl (C=S) groups is 1. The second kappa shape index (κ2) is 9.24. The molecule has 4 nitrogen and oxygen atoms in total. The van der Waals surface area contributed by atoms with Crippen LogP contribution in [0.15, 0.2) is 72.8 Å². The zero-order valence-corrected chi connectivity index (χ0v) is 16.9. The first-order valence-electron chi connectivity index (χ1n) is 9.22. The van der Waals surface area contributed by atoms with Crippen molar-refractivity contribution in [1.29, 1.82) is 0 Å². The third-order valence-electron chi connectivity index (χ3n) is 4.41. The number of aromatic hydroxyl groups is 1. The smallest absolute Gasteiger partial charge is 0.178 e. The van der Waals surface area contributed by atoms with Crippen LogP contribution in [0.25, 0.3) is 0 Å². The minimum atomic E-state index is 0.247. The lowest BCUT2D eigenvalue weighted by Gasteiger charge is -2.27. The van der Waals surface area contributed by atoms with Gasteiger partial charge in [-0.05, 0) is 68.0 Å². The van der Waals surface area contributed by atoms with Crippen LogP contribution < -0.4 is 15.0 Å². The lowest BCUT2D eigenvalue weighted by atomic mass is 10.1. The summed E-state index contributed by atoms with van der Waals surface area (Å²) in [7, 11) is 0. The number of phenols is 1. The van der Waals surface area contributed by atoms with Gasteiger partial charge >= 0.3 is 0 Å². The average Bonchev–Trinajstić information content (AvgIpc) is 2.70. The molecule has 2 N–H and O–H groups in total. The second-order valence-electron chi connectivity index (χ2n) is 6.39. The fourth-order valence-electron chi connectivity index (χ4n) is 2.88. The highest BCUT2D eigenvalue weighted by Crippen LogP contribution is 2.26. The van der Waals surface area contributed by atoms with E-state index in [1.807, 2.05) is 85.5 Å². The molecular formula is C23H24N2O2S.